The number of rotatable bonds is 3. The fourth-order valence-corrected chi connectivity index (χ4v) is 3.70. The van der Waals surface area contributed by atoms with Gasteiger partial charge in [0.15, 0.2) is 0 Å². The Balaban J connectivity index is 1.86. The predicted octanol–water partition coefficient (Wildman–Crippen LogP) is 1.86. The van der Waals surface area contributed by atoms with Gasteiger partial charge in [0, 0.05) is 28.4 Å². The number of carboxylic acids is 1. The zero-order valence-corrected chi connectivity index (χ0v) is 11.5. The minimum atomic E-state index is -1.13. The number of carbonyl (C=O) groups excluding carboxylic acids is 1. The summed E-state index contributed by atoms with van der Waals surface area (Å²) >= 11 is 1.55. The van der Waals surface area contributed by atoms with Gasteiger partial charge in [0.1, 0.15) is 5.54 Å². The van der Waals surface area contributed by atoms with Crippen LogP contribution in [0.5, 0.6) is 0 Å². The van der Waals surface area contributed by atoms with Gasteiger partial charge < -0.3 is 15.4 Å². The van der Waals surface area contributed by atoms with E-state index in [-0.39, 0.29) is 5.91 Å². The van der Waals surface area contributed by atoms with Crippen molar-refractivity contribution in [2.75, 3.05) is 11.5 Å². The third-order valence-electron chi connectivity index (χ3n) is 3.60. The summed E-state index contributed by atoms with van der Waals surface area (Å²) < 4.78 is 0. The summed E-state index contributed by atoms with van der Waals surface area (Å²) in [6, 6.07) is 7.16. The number of carboxylic acid groups (broad SMARTS) is 1. The Morgan fingerprint density at radius 3 is 2.90 bits per heavy atom. The van der Waals surface area contributed by atoms with Crippen molar-refractivity contribution >= 4 is 34.5 Å². The SMILES string of the molecule is O=C(N[C@]1(C(=O)O)CCSC1)c1ccc2[nH]ccc2c1. The molecule has 2 aromatic rings. The van der Waals surface area contributed by atoms with Crippen LogP contribution >= 0.6 is 11.8 Å². The molecule has 1 amide bonds. The fourth-order valence-electron chi connectivity index (χ4n) is 2.37. The van der Waals surface area contributed by atoms with Gasteiger partial charge in [0.2, 0.25) is 0 Å². The molecule has 3 N–H and O–H groups in total. The molecule has 0 unspecified atom stereocenters. The molecule has 2 heterocycles. The zero-order chi connectivity index (χ0) is 14.2. The number of aromatic nitrogens is 1. The lowest BCUT2D eigenvalue weighted by atomic mass is 9.98. The van der Waals surface area contributed by atoms with Gasteiger partial charge in [-0.25, -0.2) is 4.79 Å². The molecule has 0 spiro atoms. The summed E-state index contributed by atoms with van der Waals surface area (Å²) in [5, 5.41) is 13.0. The summed E-state index contributed by atoms with van der Waals surface area (Å²) in [6.45, 7) is 0. The molecule has 0 aliphatic carbocycles. The number of hydrogen-bond acceptors (Lipinski definition) is 3. The predicted molar refractivity (Wildman–Crippen MR) is 78.1 cm³/mol. The van der Waals surface area contributed by atoms with Crippen molar-refractivity contribution in [1.82, 2.24) is 10.3 Å². The molecule has 1 saturated heterocycles. The topological polar surface area (TPSA) is 82.2 Å². The van der Waals surface area contributed by atoms with Crippen molar-refractivity contribution in [1.29, 1.82) is 0 Å². The normalized spacial score (nSPS) is 22.0. The first kappa shape index (κ1) is 13.1. The van der Waals surface area contributed by atoms with Crippen LogP contribution in [0, 0.1) is 0 Å². The zero-order valence-electron chi connectivity index (χ0n) is 10.7. The van der Waals surface area contributed by atoms with Crippen LogP contribution in [0.2, 0.25) is 0 Å². The molecule has 1 aromatic carbocycles. The number of aliphatic carboxylic acids is 1. The maximum Gasteiger partial charge on any atom is 0.330 e. The Labute approximate surface area is 119 Å². The smallest absolute Gasteiger partial charge is 0.330 e. The van der Waals surface area contributed by atoms with Gasteiger partial charge in [0.05, 0.1) is 0 Å². The maximum atomic E-state index is 12.3. The van der Waals surface area contributed by atoms with Gasteiger partial charge in [-0.2, -0.15) is 11.8 Å². The van der Waals surface area contributed by atoms with Crippen LogP contribution in [-0.4, -0.2) is 39.0 Å². The highest BCUT2D eigenvalue weighted by atomic mass is 32.2. The molecule has 1 aliphatic heterocycles. The summed E-state index contributed by atoms with van der Waals surface area (Å²) in [4.78, 5) is 26.8. The van der Waals surface area contributed by atoms with Crippen LogP contribution in [0.25, 0.3) is 10.9 Å². The van der Waals surface area contributed by atoms with Crippen molar-refractivity contribution < 1.29 is 14.7 Å². The molecule has 0 radical (unpaired) electrons. The minimum absolute atomic E-state index is 0.335. The van der Waals surface area contributed by atoms with Gasteiger partial charge in [-0.1, -0.05) is 0 Å². The standard InChI is InChI=1S/C14H14N2O3S/c17-12(16-14(13(18)19)4-6-20-8-14)10-1-2-11-9(7-10)3-5-15-11/h1-3,5,7,15H,4,6,8H2,(H,16,17)(H,18,19)/t14-/m1/s1. The lowest BCUT2D eigenvalue weighted by Crippen LogP contribution is -2.54. The average Bonchev–Trinajstić information content (AvgIpc) is 3.06. The second-order valence-corrected chi connectivity index (χ2v) is 6.03. The lowest BCUT2D eigenvalue weighted by molar-refractivity contribution is -0.143. The summed E-state index contributed by atoms with van der Waals surface area (Å²) in [6.07, 6.45) is 2.27. The maximum absolute atomic E-state index is 12.3. The highest BCUT2D eigenvalue weighted by Gasteiger charge is 2.43. The number of nitrogens with one attached hydrogen (secondary N) is 2. The molecule has 0 saturated carbocycles. The largest absolute Gasteiger partial charge is 0.479 e. The Kier molecular flexibility index (Phi) is 3.17. The molecular weight excluding hydrogens is 276 g/mol. The lowest BCUT2D eigenvalue weighted by Gasteiger charge is -2.24. The molecule has 20 heavy (non-hydrogen) atoms. The van der Waals surface area contributed by atoms with E-state index in [1.165, 1.54) is 0 Å². The van der Waals surface area contributed by atoms with E-state index in [9.17, 15) is 14.7 Å². The van der Waals surface area contributed by atoms with E-state index >= 15 is 0 Å². The number of hydrogen-bond donors (Lipinski definition) is 3. The van der Waals surface area contributed by atoms with Crippen LogP contribution < -0.4 is 5.32 Å². The number of carbonyl (C=O) groups is 2. The van der Waals surface area contributed by atoms with Crippen molar-refractivity contribution in [3.05, 3.63) is 36.0 Å². The van der Waals surface area contributed by atoms with E-state index in [0.29, 0.717) is 17.7 Å². The summed E-state index contributed by atoms with van der Waals surface area (Å²) in [7, 11) is 0. The van der Waals surface area contributed by atoms with Crippen molar-refractivity contribution in [2.24, 2.45) is 0 Å². The van der Waals surface area contributed by atoms with Gasteiger partial charge in [0.25, 0.3) is 5.91 Å². The average molecular weight is 290 g/mol. The number of fused-ring (bicyclic) bond motifs is 1. The number of benzene rings is 1. The monoisotopic (exact) mass is 290 g/mol. The van der Waals surface area contributed by atoms with Crippen molar-refractivity contribution in [2.45, 2.75) is 12.0 Å². The number of amides is 1. The Morgan fingerprint density at radius 2 is 2.20 bits per heavy atom. The first-order valence-corrected chi connectivity index (χ1v) is 7.47. The fraction of sp³-hybridized carbons (Fsp3) is 0.286. The van der Waals surface area contributed by atoms with E-state index in [2.05, 4.69) is 10.3 Å². The highest BCUT2D eigenvalue weighted by Crippen LogP contribution is 2.28. The second kappa shape index (κ2) is 4.86. The minimum Gasteiger partial charge on any atom is -0.479 e. The highest BCUT2D eigenvalue weighted by molar-refractivity contribution is 7.99. The number of H-pyrrole nitrogens is 1. The van der Waals surface area contributed by atoms with E-state index in [4.69, 9.17) is 0 Å². The van der Waals surface area contributed by atoms with Crippen LogP contribution in [0.3, 0.4) is 0 Å². The Hall–Kier alpha value is -1.95. The quantitative estimate of drug-likeness (QED) is 0.806. The van der Waals surface area contributed by atoms with Crippen LogP contribution in [-0.2, 0) is 4.79 Å². The van der Waals surface area contributed by atoms with E-state index in [1.807, 2.05) is 12.1 Å². The molecule has 5 nitrogen and oxygen atoms in total. The van der Waals surface area contributed by atoms with Gasteiger partial charge >= 0.3 is 5.97 Å². The van der Waals surface area contributed by atoms with E-state index in [0.717, 1.165) is 16.7 Å². The molecule has 104 valence electrons. The van der Waals surface area contributed by atoms with Crippen LogP contribution in [0.15, 0.2) is 30.5 Å². The molecule has 6 heteroatoms. The van der Waals surface area contributed by atoms with Crippen molar-refractivity contribution in [3.8, 4) is 0 Å². The molecule has 0 bridgehead atoms. The third-order valence-corrected chi connectivity index (χ3v) is 4.79. The van der Waals surface area contributed by atoms with Crippen LogP contribution in [0.1, 0.15) is 16.8 Å². The summed E-state index contributed by atoms with van der Waals surface area (Å²) in [5.74, 6) is -0.124. The first-order chi connectivity index (χ1) is 9.61. The van der Waals surface area contributed by atoms with E-state index < -0.39 is 11.5 Å². The molecule has 1 aromatic heterocycles. The number of aromatic amines is 1. The van der Waals surface area contributed by atoms with Gasteiger partial charge in [-0.05, 0) is 36.4 Å². The molecular formula is C14H14N2O3S. The second-order valence-electron chi connectivity index (χ2n) is 4.92. The van der Waals surface area contributed by atoms with Crippen molar-refractivity contribution in [3.63, 3.8) is 0 Å². The van der Waals surface area contributed by atoms with Gasteiger partial charge in [-0.15, -0.1) is 0 Å². The molecule has 1 aliphatic rings. The molecule has 3 rings (SSSR count). The number of thioether (sulfide) groups is 1. The first-order valence-electron chi connectivity index (χ1n) is 6.32. The molecule has 1 fully saturated rings. The van der Waals surface area contributed by atoms with Gasteiger partial charge in [-0.3, -0.25) is 4.79 Å². The third kappa shape index (κ3) is 2.16. The van der Waals surface area contributed by atoms with Crippen LogP contribution in [0.4, 0.5) is 0 Å². The molecule has 1 atom stereocenters. The van der Waals surface area contributed by atoms with E-state index in [1.54, 1.807) is 30.1 Å². The Morgan fingerprint density at radius 1 is 1.35 bits per heavy atom. The Bertz CT molecular complexity index is 674. The summed E-state index contributed by atoms with van der Waals surface area (Å²) in [5.41, 5.74) is 0.301.